The van der Waals surface area contributed by atoms with E-state index in [1.165, 1.54) is 5.56 Å². The minimum atomic E-state index is -0.00148. The topological polar surface area (TPSA) is 30.0 Å². The van der Waals surface area contributed by atoms with Crippen molar-refractivity contribution in [2.75, 3.05) is 0 Å². The molecule has 0 aliphatic carbocycles. The molecule has 2 rings (SSSR count). The van der Waals surface area contributed by atoms with Crippen LogP contribution in [0.2, 0.25) is 0 Å². The minimum Gasteiger partial charge on any atom is -0.287 e. The summed E-state index contributed by atoms with van der Waals surface area (Å²) < 4.78 is 0. The highest BCUT2D eigenvalue weighted by Gasteiger charge is 2.12. The summed E-state index contributed by atoms with van der Waals surface area (Å²) in [6.07, 6.45) is 2.59. The van der Waals surface area contributed by atoms with Gasteiger partial charge in [0.25, 0.3) is 0 Å². The van der Waals surface area contributed by atoms with Crippen molar-refractivity contribution in [1.82, 2.24) is 4.98 Å². The van der Waals surface area contributed by atoms with Gasteiger partial charge in [-0.3, -0.25) is 9.78 Å². The van der Waals surface area contributed by atoms with Gasteiger partial charge in [0.1, 0.15) is 5.69 Å². The molecule has 1 heterocycles. The first-order valence-electron chi connectivity index (χ1n) is 5.77. The van der Waals surface area contributed by atoms with Crippen LogP contribution in [0.15, 0.2) is 42.6 Å². The van der Waals surface area contributed by atoms with Crippen LogP contribution >= 0.6 is 0 Å². The number of hydrogen-bond acceptors (Lipinski definition) is 2. The van der Waals surface area contributed by atoms with Gasteiger partial charge in [-0.1, -0.05) is 31.2 Å². The molecule has 0 N–H and O–H groups in total. The number of pyridine rings is 1. The predicted octanol–water partition coefficient (Wildman–Crippen LogP) is 3.18. The van der Waals surface area contributed by atoms with Gasteiger partial charge in [0, 0.05) is 11.8 Å². The molecule has 86 valence electrons. The Morgan fingerprint density at radius 2 is 2.06 bits per heavy atom. The number of hydrogen-bond donors (Lipinski definition) is 0. The lowest BCUT2D eigenvalue weighted by Crippen LogP contribution is -2.06. The van der Waals surface area contributed by atoms with Crippen LogP contribution in [0.1, 0.15) is 34.1 Å². The Kier molecular flexibility index (Phi) is 3.33. The first-order chi connectivity index (χ1) is 8.22. The Hall–Kier alpha value is -1.96. The van der Waals surface area contributed by atoms with Gasteiger partial charge in [0.15, 0.2) is 0 Å². The van der Waals surface area contributed by atoms with Gasteiger partial charge in [-0.05, 0) is 36.6 Å². The molecule has 0 fully saturated rings. The molecular weight excluding hydrogens is 210 g/mol. The second-order valence-corrected chi connectivity index (χ2v) is 4.05. The zero-order chi connectivity index (χ0) is 12.3. The van der Waals surface area contributed by atoms with Crippen LogP contribution in [-0.2, 0) is 6.42 Å². The van der Waals surface area contributed by atoms with Crippen molar-refractivity contribution in [3.8, 4) is 0 Å². The summed E-state index contributed by atoms with van der Waals surface area (Å²) >= 11 is 0. The molecule has 2 nitrogen and oxygen atoms in total. The van der Waals surface area contributed by atoms with Crippen LogP contribution in [0.25, 0.3) is 0 Å². The Bertz CT molecular complexity index is 546. The number of carbonyl (C=O) groups excluding carboxylic acids is 1. The van der Waals surface area contributed by atoms with Gasteiger partial charge in [0.2, 0.25) is 5.78 Å². The maximum Gasteiger partial charge on any atom is 0.211 e. The van der Waals surface area contributed by atoms with Gasteiger partial charge in [-0.25, -0.2) is 0 Å². The van der Waals surface area contributed by atoms with E-state index in [4.69, 9.17) is 0 Å². The van der Waals surface area contributed by atoms with E-state index in [1.54, 1.807) is 6.20 Å². The van der Waals surface area contributed by atoms with E-state index in [0.29, 0.717) is 11.3 Å². The quantitative estimate of drug-likeness (QED) is 0.751. The van der Waals surface area contributed by atoms with Crippen molar-refractivity contribution in [2.24, 2.45) is 0 Å². The fourth-order valence-corrected chi connectivity index (χ4v) is 1.79. The fraction of sp³-hybridized carbons (Fsp3) is 0.200. The molecule has 0 bridgehead atoms. The third kappa shape index (κ3) is 2.41. The number of ketones is 1. The van der Waals surface area contributed by atoms with E-state index in [2.05, 4.69) is 11.9 Å². The summed E-state index contributed by atoms with van der Waals surface area (Å²) in [6, 6.07) is 11.5. The molecule has 0 aliphatic rings. The molecule has 1 aromatic carbocycles. The van der Waals surface area contributed by atoms with E-state index < -0.39 is 0 Å². The van der Waals surface area contributed by atoms with E-state index >= 15 is 0 Å². The third-order valence-corrected chi connectivity index (χ3v) is 2.82. The second kappa shape index (κ2) is 4.91. The first kappa shape index (κ1) is 11.5. The lowest BCUT2D eigenvalue weighted by molar-refractivity contribution is 0.103. The van der Waals surface area contributed by atoms with E-state index in [9.17, 15) is 4.79 Å². The number of aromatic nitrogens is 1. The molecule has 17 heavy (non-hydrogen) atoms. The maximum atomic E-state index is 12.3. The summed E-state index contributed by atoms with van der Waals surface area (Å²) in [5, 5.41) is 0. The Morgan fingerprint density at radius 3 is 2.76 bits per heavy atom. The molecule has 0 spiro atoms. The van der Waals surface area contributed by atoms with Crippen LogP contribution in [0.5, 0.6) is 0 Å². The molecule has 0 radical (unpaired) electrons. The summed E-state index contributed by atoms with van der Waals surface area (Å²) in [6.45, 7) is 3.99. The van der Waals surface area contributed by atoms with Crippen LogP contribution in [0.4, 0.5) is 0 Å². The summed E-state index contributed by atoms with van der Waals surface area (Å²) in [7, 11) is 0. The average Bonchev–Trinajstić information content (AvgIpc) is 2.38. The summed E-state index contributed by atoms with van der Waals surface area (Å²) in [5.41, 5.74) is 3.34. The molecule has 0 saturated heterocycles. The van der Waals surface area contributed by atoms with Gasteiger partial charge < -0.3 is 0 Å². The van der Waals surface area contributed by atoms with Crippen LogP contribution in [0.3, 0.4) is 0 Å². The van der Waals surface area contributed by atoms with Gasteiger partial charge in [-0.15, -0.1) is 0 Å². The lowest BCUT2D eigenvalue weighted by Gasteiger charge is -2.05. The van der Waals surface area contributed by atoms with Crippen molar-refractivity contribution in [1.29, 1.82) is 0 Å². The standard InChI is InChI=1S/C15H15NO/c1-3-12-7-4-8-13(10-12)15(17)14-11(2)6-5-9-16-14/h4-10H,3H2,1-2H3. The molecule has 0 atom stereocenters. The maximum absolute atomic E-state index is 12.3. The number of carbonyl (C=O) groups is 1. The predicted molar refractivity (Wildman–Crippen MR) is 68.2 cm³/mol. The zero-order valence-corrected chi connectivity index (χ0v) is 10.1. The van der Waals surface area contributed by atoms with Crippen LogP contribution < -0.4 is 0 Å². The van der Waals surface area contributed by atoms with Gasteiger partial charge >= 0.3 is 0 Å². The highest BCUT2D eigenvalue weighted by Crippen LogP contribution is 2.13. The van der Waals surface area contributed by atoms with Crippen LogP contribution in [-0.4, -0.2) is 10.8 Å². The Morgan fingerprint density at radius 1 is 1.24 bits per heavy atom. The average molecular weight is 225 g/mol. The highest BCUT2D eigenvalue weighted by molar-refractivity contribution is 6.08. The van der Waals surface area contributed by atoms with E-state index in [0.717, 1.165) is 12.0 Å². The molecule has 1 aromatic heterocycles. The SMILES string of the molecule is CCc1cccc(C(=O)c2ncccc2C)c1. The van der Waals surface area contributed by atoms with Crippen molar-refractivity contribution in [3.63, 3.8) is 0 Å². The third-order valence-electron chi connectivity index (χ3n) is 2.82. The summed E-state index contributed by atoms with van der Waals surface area (Å²) in [5.74, 6) is -0.00148. The van der Waals surface area contributed by atoms with Gasteiger partial charge in [0.05, 0.1) is 0 Å². The van der Waals surface area contributed by atoms with Crippen LogP contribution in [0, 0.1) is 6.92 Å². The molecular formula is C15H15NO. The molecule has 0 amide bonds. The number of rotatable bonds is 3. The summed E-state index contributed by atoms with van der Waals surface area (Å²) in [4.78, 5) is 16.4. The molecule has 0 saturated carbocycles. The monoisotopic (exact) mass is 225 g/mol. The Labute approximate surface area is 101 Å². The van der Waals surface area contributed by atoms with Crippen molar-refractivity contribution < 1.29 is 4.79 Å². The minimum absolute atomic E-state index is 0.00148. The smallest absolute Gasteiger partial charge is 0.211 e. The van der Waals surface area contributed by atoms with Crippen molar-refractivity contribution in [2.45, 2.75) is 20.3 Å². The van der Waals surface area contributed by atoms with Gasteiger partial charge in [-0.2, -0.15) is 0 Å². The highest BCUT2D eigenvalue weighted by atomic mass is 16.1. The Balaban J connectivity index is 2.40. The molecule has 0 unspecified atom stereocenters. The van der Waals surface area contributed by atoms with Crippen molar-refractivity contribution >= 4 is 5.78 Å². The number of nitrogens with zero attached hydrogens (tertiary/aromatic N) is 1. The first-order valence-corrected chi connectivity index (χ1v) is 5.77. The normalized spacial score (nSPS) is 10.2. The number of benzene rings is 1. The van der Waals surface area contributed by atoms with E-state index in [1.807, 2.05) is 43.3 Å². The van der Waals surface area contributed by atoms with E-state index in [-0.39, 0.29) is 5.78 Å². The number of aryl methyl sites for hydroxylation is 2. The zero-order valence-electron chi connectivity index (χ0n) is 10.1. The second-order valence-electron chi connectivity index (χ2n) is 4.05. The largest absolute Gasteiger partial charge is 0.287 e. The lowest BCUT2D eigenvalue weighted by atomic mass is 10.0. The van der Waals surface area contributed by atoms with Crippen molar-refractivity contribution in [3.05, 3.63) is 65.0 Å². The molecule has 2 aromatic rings. The molecule has 2 heteroatoms. The fourth-order valence-electron chi connectivity index (χ4n) is 1.79. The molecule has 0 aliphatic heterocycles.